The molecule has 0 radical (unpaired) electrons. The van der Waals surface area contributed by atoms with Crippen LogP contribution in [0.3, 0.4) is 0 Å². The first-order valence-electron chi connectivity index (χ1n) is 7.79. The molecule has 1 heterocycles. The summed E-state index contributed by atoms with van der Waals surface area (Å²) in [7, 11) is 2.06. The van der Waals surface area contributed by atoms with Gasteiger partial charge in [-0.25, -0.2) is 0 Å². The van der Waals surface area contributed by atoms with E-state index in [0.717, 1.165) is 26.1 Å². The largest absolute Gasteiger partial charge is 0.342 e. The molecule has 1 aliphatic rings. The van der Waals surface area contributed by atoms with Gasteiger partial charge >= 0.3 is 0 Å². The lowest BCUT2D eigenvalue weighted by Crippen LogP contribution is -2.45. The number of rotatable bonds is 7. The molecular weight excluding hydrogens is 238 g/mol. The lowest BCUT2D eigenvalue weighted by atomic mass is 9.98. The molecule has 0 aliphatic carbocycles. The van der Waals surface area contributed by atoms with Crippen LogP contribution in [-0.4, -0.2) is 61.0 Å². The summed E-state index contributed by atoms with van der Waals surface area (Å²) >= 11 is 0. The molecule has 19 heavy (non-hydrogen) atoms. The minimum absolute atomic E-state index is 0.246. The lowest BCUT2D eigenvalue weighted by molar-refractivity contribution is -0.132. The SMILES string of the molecule is CCN(CC)C(=O)CN(C)C(C)CC1CCCCN1. The average Bonchev–Trinajstić information content (AvgIpc) is 2.41. The Kier molecular flexibility index (Phi) is 7.39. The van der Waals surface area contributed by atoms with Crippen LogP contribution in [0.25, 0.3) is 0 Å². The molecule has 4 heteroatoms. The molecule has 2 atom stereocenters. The molecule has 0 aromatic carbocycles. The van der Waals surface area contributed by atoms with Gasteiger partial charge in [-0.1, -0.05) is 6.42 Å². The van der Waals surface area contributed by atoms with Crippen molar-refractivity contribution in [3.8, 4) is 0 Å². The number of carbonyl (C=O) groups is 1. The Hall–Kier alpha value is -0.610. The van der Waals surface area contributed by atoms with E-state index < -0.39 is 0 Å². The fourth-order valence-electron chi connectivity index (χ4n) is 2.76. The minimum Gasteiger partial charge on any atom is -0.342 e. The van der Waals surface area contributed by atoms with Crippen molar-refractivity contribution >= 4 is 5.91 Å². The highest BCUT2D eigenvalue weighted by Crippen LogP contribution is 2.14. The molecule has 0 aromatic heterocycles. The fourth-order valence-corrected chi connectivity index (χ4v) is 2.76. The molecule has 1 rings (SSSR count). The Balaban J connectivity index is 2.34. The molecule has 0 aromatic rings. The van der Waals surface area contributed by atoms with Gasteiger partial charge in [-0.3, -0.25) is 9.69 Å². The maximum atomic E-state index is 12.1. The Morgan fingerprint density at radius 3 is 2.53 bits per heavy atom. The Morgan fingerprint density at radius 2 is 2.00 bits per heavy atom. The summed E-state index contributed by atoms with van der Waals surface area (Å²) in [5.74, 6) is 0.246. The molecule has 1 amide bonds. The van der Waals surface area contributed by atoms with E-state index in [9.17, 15) is 4.79 Å². The van der Waals surface area contributed by atoms with Gasteiger partial charge in [-0.15, -0.1) is 0 Å². The maximum Gasteiger partial charge on any atom is 0.236 e. The second kappa shape index (κ2) is 8.54. The standard InChI is InChI=1S/C15H31N3O/c1-5-18(6-2)15(19)12-17(4)13(3)11-14-9-7-8-10-16-14/h13-14,16H,5-12H2,1-4H3. The van der Waals surface area contributed by atoms with E-state index in [1.54, 1.807) is 0 Å². The summed E-state index contributed by atoms with van der Waals surface area (Å²) in [5.41, 5.74) is 0. The van der Waals surface area contributed by atoms with Gasteiger partial charge in [0.05, 0.1) is 6.54 Å². The van der Waals surface area contributed by atoms with Crippen LogP contribution >= 0.6 is 0 Å². The van der Waals surface area contributed by atoms with Crippen LogP contribution in [0.4, 0.5) is 0 Å². The Labute approximate surface area is 118 Å². The fraction of sp³-hybridized carbons (Fsp3) is 0.933. The van der Waals surface area contributed by atoms with Crippen molar-refractivity contribution in [3.63, 3.8) is 0 Å². The number of hydrogen-bond acceptors (Lipinski definition) is 3. The molecule has 1 fully saturated rings. The zero-order chi connectivity index (χ0) is 14.3. The molecule has 0 spiro atoms. The molecule has 112 valence electrons. The van der Waals surface area contributed by atoms with E-state index in [0.29, 0.717) is 18.6 Å². The first-order valence-corrected chi connectivity index (χ1v) is 7.79. The number of piperidine rings is 1. The summed E-state index contributed by atoms with van der Waals surface area (Å²) in [4.78, 5) is 16.2. The number of carbonyl (C=O) groups excluding carboxylic acids is 1. The quantitative estimate of drug-likeness (QED) is 0.764. The highest BCUT2D eigenvalue weighted by Gasteiger charge is 2.20. The van der Waals surface area contributed by atoms with Gasteiger partial charge in [0, 0.05) is 25.2 Å². The van der Waals surface area contributed by atoms with Gasteiger partial charge < -0.3 is 10.2 Å². The van der Waals surface area contributed by atoms with Crippen molar-refractivity contribution in [2.75, 3.05) is 33.2 Å². The average molecular weight is 269 g/mol. The van der Waals surface area contributed by atoms with E-state index in [2.05, 4.69) is 24.2 Å². The maximum absolute atomic E-state index is 12.1. The minimum atomic E-state index is 0.246. The van der Waals surface area contributed by atoms with Gasteiger partial charge in [0.25, 0.3) is 0 Å². The van der Waals surface area contributed by atoms with Crippen LogP contribution in [0.1, 0.15) is 46.5 Å². The van der Waals surface area contributed by atoms with Gasteiger partial charge in [0.1, 0.15) is 0 Å². The van der Waals surface area contributed by atoms with Gasteiger partial charge in [-0.05, 0) is 53.6 Å². The monoisotopic (exact) mass is 269 g/mol. The molecule has 0 saturated carbocycles. The number of nitrogens with one attached hydrogen (secondary N) is 1. The third kappa shape index (κ3) is 5.49. The van der Waals surface area contributed by atoms with Crippen LogP contribution in [0.5, 0.6) is 0 Å². The van der Waals surface area contributed by atoms with Crippen molar-refractivity contribution in [2.24, 2.45) is 0 Å². The predicted octanol–water partition coefficient (Wildman–Crippen LogP) is 1.71. The number of amides is 1. The Bertz CT molecular complexity index is 260. The van der Waals surface area contributed by atoms with Crippen LogP contribution in [-0.2, 0) is 4.79 Å². The summed E-state index contributed by atoms with van der Waals surface area (Å²) in [6.07, 6.45) is 5.07. The molecule has 1 aliphatic heterocycles. The van der Waals surface area contributed by atoms with Crippen LogP contribution in [0.15, 0.2) is 0 Å². The first kappa shape index (κ1) is 16.4. The molecular formula is C15H31N3O. The molecule has 2 unspecified atom stereocenters. The predicted molar refractivity (Wildman–Crippen MR) is 80.3 cm³/mol. The van der Waals surface area contributed by atoms with Crippen LogP contribution in [0.2, 0.25) is 0 Å². The molecule has 1 saturated heterocycles. The van der Waals surface area contributed by atoms with Crippen molar-refractivity contribution in [2.45, 2.75) is 58.5 Å². The first-order chi connectivity index (χ1) is 9.08. The summed E-state index contributed by atoms with van der Waals surface area (Å²) in [5, 5.41) is 3.58. The smallest absolute Gasteiger partial charge is 0.236 e. The van der Waals surface area contributed by atoms with Gasteiger partial charge in [0.2, 0.25) is 5.91 Å². The lowest BCUT2D eigenvalue weighted by Gasteiger charge is -2.31. The number of likely N-dealkylation sites (N-methyl/N-ethyl adjacent to an activating group) is 2. The van der Waals surface area contributed by atoms with E-state index in [4.69, 9.17) is 0 Å². The van der Waals surface area contributed by atoms with Gasteiger partial charge in [-0.2, -0.15) is 0 Å². The van der Waals surface area contributed by atoms with Crippen LogP contribution in [0, 0.1) is 0 Å². The van der Waals surface area contributed by atoms with Crippen molar-refractivity contribution in [1.82, 2.24) is 15.1 Å². The second-order valence-electron chi connectivity index (χ2n) is 5.71. The van der Waals surface area contributed by atoms with Crippen molar-refractivity contribution < 1.29 is 4.79 Å². The zero-order valence-corrected chi connectivity index (χ0v) is 13.1. The van der Waals surface area contributed by atoms with Crippen molar-refractivity contribution in [3.05, 3.63) is 0 Å². The van der Waals surface area contributed by atoms with Crippen molar-refractivity contribution in [1.29, 1.82) is 0 Å². The Morgan fingerprint density at radius 1 is 1.32 bits per heavy atom. The highest BCUT2D eigenvalue weighted by molar-refractivity contribution is 5.78. The second-order valence-corrected chi connectivity index (χ2v) is 5.71. The number of nitrogens with zero attached hydrogens (tertiary/aromatic N) is 2. The molecule has 4 nitrogen and oxygen atoms in total. The number of hydrogen-bond donors (Lipinski definition) is 1. The molecule has 1 N–H and O–H groups in total. The van der Waals surface area contributed by atoms with E-state index in [-0.39, 0.29) is 5.91 Å². The van der Waals surface area contributed by atoms with E-state index in [1.807, 2.05) is 18.7 Å². The summed E-state index contributed by atoms with van der Waals surface area (Å²) < 4.78 is 0. The topological polar surface area (TPSA) is 35.6 Å². The third-order valence-corrected chi connectivity index (χ3v) is 4.29. The van der Waals surface area contributed by atoms with E-state index in [1.165, 1.54) is 19.3 Å². The third-order valence-electron chi connectivity index (χ3n) is 4.29. The normalized spacial score (nSPS) is 21.4. The highest BCUT2D eigenvalue weighted by atomic mass is 16.2. The van der Waals surface area contributed by atoms with Gasteiger partial charge in [0.15, 0.2) is 0 Å². The zero-order valence-electron chi connectivity index (χ0n) is 13.1. The molecule has 0 bridgehead atoms. The van der Waals surface area contributed by atoms with Crippen LogP contribution < -0.4 is 5.32 Å². The summed E-state index contributed by atoms with van der Waals surface area (Å²) in [6, 6.07) is 1.09. The van der Waals surface area contributed by atoms with E-state index >= 15 is 0 Å². The summed E-state index contributed by atoms with van der Waals surface area (Å²) in [6.45, 7) is 9.61.